The maximum absolute atomic E-state index is 9.76. The van der Waals surface area contributed by atoms with Crippen LogP contribution in [-0.4, -0.2) is 37.0 Å². The van der Waals surface area contributed by atoms with Gasteiger partial charge < -0.3 is 15.2 Å². The van der Waals surface area contributed by atoms with Crippen molar-refractivity contribution in [1.29, 1.82) is 0 Å². The van der Waals surface area contributed by atoms with E-state index < -0.39 is 0 Å². The number of rotatable bonds is 11. The van der Waals surface area contributed by atoms with Gasteiger partial charge in [-0.15, -0.1) is 0 Å². The van der Waals surface area contributed by atoms with Gasteiger partial charge in [-0.3, -0.25) is 0 Å². The highest BCUT2D eigenvalue weighted by atomic mass is 16.5. The lowest BCUT2D eigenvalue weighted by molar-refractivity contribution is 0.0313. The molecule has 0 radical (unpaired) electrons. The smallest absolute Gasteiger partial charge is 0.0897 e. The van der Waals surface area contributed by atoms with E-state index in [2.05, 4.69) is 26.1 Å². The second-order valence-electron chi connectivity index (χ2n) is 6.27. The molecule has 1 saturated carbocycles. The van der Waals surface area contributed by atoms with Crippen LogP contribution in [0.5, 0.6) is 0 Å². The normalized spacial score (nSPS) is 19.2. The number of hydrogen-bond donors (Lipinski definition) is 2. The molecule has 1 aliphatic rings. The van der Waals surface area contributed by atoms with E-state index in [1.807, 2.05) is 0 Å². The molecule has 2 atom stereocenters. The lowest BCUT2D eigenvalue weighted by Gasteiger charge is -2.17. The Morgan fingerprint density at radius 1 is 1.22 bits per heavy atom. The summed E-state index contributed by atoms with van der Waals surface area (Å²) in [7, 11) is 0. The molecule has 1 fully saturated rings. The minimum Gasteiger partial charge on any atom is -0.389 e. The van der Waals surface area contributed by atoms with Gasteiger partial charge >= 0.3 is 0 Å². The lowest BCUT2D eigenvalue weighted by Crippen LogP contribution is -2.36. The summed E-state index contributed by atoms with van der Waals surface area (Å²) in [6, 6.07) is 0.488. The van der Waals surface area contributed by atoms with Crippen LogP contribution in [0.2, 0.25) is 0 Å². The zero-order valence-electron chi connectivity index (χ0n) is 12.3. The van der Waals surface area contributed by atoms with Crippen molar-refractivity contribution in [2.24, 2.45) is 11.8 Å². The minimum absolute atomic E-state index is 0.365. The van der Waals surface area contributed by atoms with Crippen molar-refractivity contribution in [3.8, 4) is 0 Å². The molecule has 2 N–H and O–H groups in total. The molecule has 1 rings (SSSR count). The Bertz CT molecular complexity index is 191. The quantitative estimate of drug-likeness (QED) is 0.598. The van der Waals surface area contributed by atoms with Crippen molar-refractivity contribution in [1.82, 2.24) is 5.32 Å². The number of aliphatic hydroxyl groups excluding tert-OH is 1. The second-order valence-corrected chi connectivity index (χ2v) is 6.27. The summed E-state index contributed by atoms with van der Waals surface area (Å²) >= 11 is 0. The molecule has 3 nitrogen and oxygen atoms in total. The first-order valence-electron chi connectivity index (χ1n) is 7.57. The Balaban J connectivity index is 1.89. The average Bonchev–Trinajstić information content (AvgIpc) is 3.10. The Morgan fingerprint density at radius 2 is 1.94 bits per heavy atom. The van der Waals surface area contributed by atoms with Gasteiger partial charge in [-0.05, 0) is 38.0 Å². The highest BCUT2D eigenvalue weighted by molar-refractivity contribution is 4.72. The Labute approximate surface area is 112 Å². The molecule has 108 valence electrons. The molecule has 0 aromatic rings. The topological polar surface area (TPSA) is 41.5 Å². The van der Waals surface area contributed by atoms with Crippen molar-refractivity contribution in [2.75, 3.05) is 19.8 Å². The van der Waals surface area contributed by atoms with Gasteiger partial charge in [0.05, 0.1) is 12.7 Å². The van der Waals surface area contributed by atoms with Gasteiger partial charge in [0.1, 0.15) is 0 Å². The van der Waals surface area contributed by atoms with Crippen molar-refractivity contribution >= 4 is 0 Å². The first-order chi connectivity index (χ1) is 8.58. The van der Waals surface area contributed by atoms with Crippen LogP contribution in [0.15, 0.2) is 0 Å². The summed E-state index contributed by atoms with van der Waals surface area (Å²) in [4.78, 5) is 0. The summed E-state index contributed by atoms with van der Waals surface area (Å²) in [6.45, 7) is 8.67. The fourth-order valence-electron chi connectivity index (χ4n) is 1.99. The molecule has 3 heteroatoms. The monoisotopic (exact) mass is 257 g/mol. The highest BCUT2D eigenvalue weighted by Gasteiger charge is 2.21. The van der Waals surface area contributed by atoms with E-state index in [9.17, 15) is 5.11 Å². The molecule has 0 amide bonds. The predicted octanol–water partition coefficient (Wildman–Crippen LogP) is 2.58. The van der Waals surface area contributed by atoms with Crippen LogP contribution in [0.1, 0.15) is 52.9 Å². The van der Waals surface area contributed by atoms with Crippen LogP contribution in [0.25, 0.3) is 0 Å². The Kier molecular flexibility index (Phi) is 7.87. The van der Waals surface area contributed by atoms with Crippen LogP contribution < -0.4 is 5.32 Å². The molecule has 18 heavy (non-hydrogen) atoms. The third kappa shape index (κ3) is 8.90. The molecule has 0 spiro atoms. The van der Waals surface area contributed by atoms with E-state index in [-0.39, 0.29) is 6.10 Å². The van der Waals surface area contributed by atoms with Crippen LogP contribution in [0.3, 0.4) is 0 Å². The summed E-state index contributed by atoms with van der Waals surface area (Å²) in [5, 5.41) is 13.1. The Hall–Kier alpha value is -0.120. The van der Waals surface area contributed by atoms with Crippen LogP contribution in [0, 0.1) is 11.8 Å². The van der Waals surface area contributed by atoms with E-state index in [0.717, 1.165) is 18.4 Å². The molecule has 0 heterocycles. The van der Waals surface area contributed by atoms with E-state index in [4.69, 9.17) is 4.74 Å². The number of ether oxygens (including phenoxy) is 1. The molecule has 0 saturated heterocycles. The van der Waals surface area contributed by atoms with Gasteiger partial charge in [-0.25, -0.2) is 0 Å². The standard InChI is InChI=1S/C15H31NO2/c1-12(2)5-4-6-13(3)16-9-15(17)11-18-10-14-7-8-14/h12-17H,4-11H2,1-3H3. The first-order valence-corrected chi connectivity index (χ1v) is 7.57. The van der Waals surface area contributed by atoms with Crippen molar-refractivity contribution < 1.29 is 9.84 Å². The molecular weight excluding hydrogens is 226 g/mol. The predicted molar refractivity (Wildman–Crippen MR) is 75.7 cm³/mol. The summed E-state index contributed by atoms with van der Waals surface area (Å²) < 4.78 is 5.47. The molecule has 0 bridgehead atoms. The average molecular weight is 257 g/mol. The molecule has 2 unspecified atom stereocenters. The maximum Gasteiger partial charge on any atom is 0.0897 e. The van der Waals surface area contributed by atoms with Crippen LogP contribution in [-0.2, 0) is 4.74 Å². The summed E-state index contributed by atoms with van der Waals surface area (Å²) in [5.41, 5.74) is 0. The van der Waals surface area contributed by atoms with Crippen molar-refractivity contribution in [3.63, 3.8) is 0 Å². The first kappa shape index (κ1) is 15.9. The number of nitrogens with one attached hydrogen (secondary N) is 1. The highest BCUT2D eigenvalue weighted by Crippen LogP contribution is 2.28. The fraction of sp³-hybridized carbons (Fsp3) is 1.00. The van der Waals surface area contributed by atoms with E-state index in [1.165, 1.54) is 32.1 Å². The Morgan fingerprint density at radius 3 is 2.56 bits per heavy atom. The zero-order valence-corrected chi connectivity index (χ0v) is 12.3. The third-order valence-electron chi connectivity index (χ3n) is 3.48. The maximum atomic E-state index is 9.76. The summed E-state index contributed by atoms with van der Waals surface area (Å²) in [6.07, 6.45) is 5.99. The molecule has 1 aliphatic carbocycles. The van der Waals surface area contributed by atoms with Gasteiger partial charge in [0.25, 0.3) is 0 Å². The van der Waals surface area contributed by atoms with Gasteiger partial charge in [0.2, 0.25) is 0 Å². The second kappa shape index (κ2) is 8.89. The lowest BCUT2D eigenvalue weighted by atomic mass is 10.0. The van der Waals surface area contributed by atoms with E-state index in [1.54, 1.807) is 0 Å². The molecule has 0 aromatic carbocycles. The van der Waals surface area contributed by atoms with Crippen molar-refractivity contribution in [3.05, 3.63) is 0 Å². The number of aliphatic hydroxyl groups is 1. The van der Waals surface area contributed by atoms with Crippen molar-refractivity contribution in [2.45, 2.75) is 65.0 Å². The number of hydrogen-bond acceptors (Lipinski definition) is 3. The minimum atomic E-state index is -0.365. The third-order valence-corrected chi connectivity index (χ3v) is 3.48. The largest absolute Gasteiger partial charge is 0.389 e. The molecule has 0 aliphatic heterocycles. The molecular formula is C15H31NO2. The zero-order chi connectivity index (χ0) is 13.4. The van der Waals surface area contributed by atoms with Crippen LogP contribution >= 0.6 is 0 Å². The van der Waals surface area contributed by atoms with Crippen LogP contribution in [0.4, 0.5) is 0 Å². The van der Waals surface area contributed by atoms with Gasteiger partial charge in [-0.1, -0.05) is 26.7 Å². The van der Waals surface area contributed by atoms with E-state index >= 15 is 0 Å². The molecule has 0 aromatic heterocycles. The SMILES string of the molecule is CC(C)CCCC(C)NCC(O)COCC1CC1. The van der Waals surface area contributed by atoms with Gasteiger partial charge in [0.15, 0.2) is 0 Å². The van der Waals surface area contributed by atoms with E-state index in [0.29, 0.717) is 19.2 Å². The fourth-order valence-corrected chi connectivity index (χ4v) is 1.99. The van der Waals surface area contributed by atoms with Gasteiger partial charge in [0, 0.05) is 19.2 Å². The summed E-state index contributed by atoms with van der Waals surface area (Å²) in [5.74, 6) is 1.57. The van der Waals surface area contributed by atoms with Gasteiger partial charge in [-0.2, -0.15) is 0 Å².